The molecule has 0 saturated carbocycles. The quantitative estimate of drug-likeness (QED) is 0.644. The number of rotatable bonds is 7. The molecule has 1 aliphatic carbocycles. The lowest BCUT2D eigenvalue weighted by Crippen LogP contribution is -2.44. The fraction of sp³-hybridized carbons (Fsp3) is 0.765. The molecule has 120 valence electrons. The zero-order valence-electron chi connectivity index (χ0n) is 13.8. The average molecular weight is 420 g/mol. The molecule has 21 heavy (non-hydrogen) atoms. The fourth-order valence-corrected chi connectivity index (χ4v) is 5.72. The molecule has 1 heterocycles. The Balaban J connectivity index is 2.01. The maximum absolute atomic E-state index is 3.88. The van der Waals surface area contributed by atoms with Crippen LogP contribution >= 0.6 is 33.9 Å². The molecular formula is C17H29IN2S. The van der Waals surface area contributed by atoms with Gasteiger partial charge in [-0.05, 0) is 73.5 Å². The first-order chi connectivity index (χ1) is 10.1. The molecule has 1 aliphatic rings. The molecule has 0 bridgehead atoms. The van der Waals surface area contributed by atoms with Gasteiger partial charge in [-0.2, -0.15) is 0 Å². The van der Waals surface area contributed by atoms with Gasteiger partial charge in [-0.3, -0.25) is 0 Å². The van der Waals surface area contributed by atoms with Crippen LogP contribution in [0.5, 0.6) is 0 Å². The van der Waals surface area contributed by atoms with Crippen LogP contribution in [-0.4, -0.2) is 31.6 Å². The molecule has 0 fully saturated rings. The fourth-order valence-electron chi connectivity index (χ4n) is 3.60. The van der Waals surface area contributed by atoms with Crippen LogP contribution in [-0.2, 0) is 6.42 Å². The molecule has 1 aromatic rings. The van der Waals surface area contributed by atoms with Gasteiger partial charge in [0.05, 0.1) is 2.88 Å². The predicted molar refractivity (Wildman–Crippen MR) is 102 cm³/mol. The summed E-state index contributed by atoms with van der Waals surface area (Å²) in [7, 11) is 4.45. The van der Waals surface area contributed by atoms with E-state index in [0.717, 1.165) is 12.5 Å². The second-order valence-electron chi connectivity index (χ2n) is 6.39. The van der Waals surface area contributed by atoms with E-state index in [-0.39, 0.29) is 0 Å². The summed E-state index contributed by atoms with van der Waals surface area (Å²) < 4.78 is 1.44. The second kappa shape index (κ2) is 8.27. The number of likely N-dealkylation sites (N-methyl/N-ethyl adjacent to an activating group) is 1. The third-order valence-corrected chi connectivity index (χ3v) is 6.88. The molecule has 1 N–H and O–H groups in total. The van der Waals surface area contributed by atoms with Crippen LogP contribution < -0.4 is 5.32 Å². The van der Waals surface area contributed by atoms with Crippen molar-refractivity contribution in [1.29, 1.82) is 0 Å². The summed E-state index contributed by atoms with van der Waals surface area (Å²) >= 11 is 4.45. The number of halogens is 1. The van der Waals surface area contributed by atoms with Gasteiger partial charge in [-0.15, -0.1) is 11.3 Å². The molecular weight excluding hydrogens is 391 g/mol. The standard InChI is InChI=1S/C17H29IN2S/c1-5-12(6-2)15(20(3)4)11-19-14-8-7-9-16-13(14)10-17(18)21-16/h10,12,14-15,19H,5-9,11H2,1-4H3. The van der Waals surface area contributed by atoms with Gasteiger partial charge in [0.25, 0.3) is 0 Å². The smallest absolute Gasteiger partial charge is 0.0659 e. The van der Waals surface area contributed by atoms with Crippen molar-refractivity contribution >= 4 is 33.9 Å². The van der Waals surface area contributed by atoms with Gasteiger partial charge in [-0.25, -0.2) is 0 Å². The topological polar surface area (TPSA) is 15.3 Å². The van der Waals surface area contributed by atoms with E-state index in [1.807, 2.05) is 11.3 Å². The molecule has 2 nitrogen and oxygen atoms in total. The molecule has 0 saturated heterocycles. The van der Waals surface area contributed by atoms with Crippen molar-refractivity contribution in [2.24, 2.45) is 5.92 Å². The highest BCUT2D eigenvalue weighted by molar-refractivity contribution is 14.1. The van der Waals surface area contributed by atoms with Crippen molar-refractivity contribution in [3.05, 3.63) is 19.4 Å². The van der Waals surface area contributed by atoms with Crippen LogP contribution in [0.15, 0.2) is 6.07 Å². The molecule has 0 aliphatic heterocycles. The Kier molecular flexibility index (Phi) is 6.97. The Morgan fingerprint density at radius 3 is 2.71 bits per heavy atom. The Morgan fingerprint density at radius 2 is 2.10 bits per heavy atom. The first-order valence-corrected chi connectivity index (χ1v) is 10.1. The Bertz CT molecular complexity index is 440. The summed E-state index contributed by atoms with van der Waals surface area (Å²) in [6.45, 7) is 5.76. The molecule has 1 aromatic heterocycles. The van der Waals surface area contributed by atoms with Crippen LogP contribution in [0, 0.1) is 8.80 Å². The van der Waals surface area contributed by atoms with Gasteiger partial charge >= 0.3 is 0 Å². The molecule has 0 radical (unpaired) electrons. The van der Waals surface area contributed by atoms with Crippen LogP contribution in [0.1, 0.15) is 56.0 Å². The number of hydrogen-bond donors (Lipinski definition) is 1. The third-order valence-electron chi connectivity index (χ3n) is 4.91. The summed E-state index contributed by atoms with van der Waals surface area (Å²) in [4.78, 5) is 4.03. The van der Waals surface area contributed by atoms with Gasteiger partial charge in [-0.1, -0.05) is 26.7 Å². The monoisotopic (exact) mass is 420 g/mol. The second-order valence-corrected chi connectivity index (χ2v) is 9.42. The highest BCUT2D eigenvalue weighted by Crippen LogP contribution is 2.36. The van der Waals surface area contributed by atoms with Crippen molar-refractivity contribution < 1.29 is 0 Å². The molecule has 2 unspecified atom stereocenters. The maximum Gasteiger partial charge on any atom is 0.0659 e. The summed E-state index contributed by atoms with van der Waals surface area (Å²) in [5.74, 6) is 0.790. The first kappa shape index (κ1) is 17.7. The van der Waals surface area contributed by atoms with Gasteiger partial charge in [0.1, 0.15) is 0 Å². The number of aryl methyl sites for hydroxylation is 1. The largest absolute Gasteiger partial charge is 0.308 e. The van der Waals surface area contributed by atoms with E-state index >= 15 is 0 Å². The molecule has 0 spiro atoms. The van der Waals surface area contributed by atoms with E-state index in [1.54, 1.807) is 10.4 Å². The number of hydrogen-bond acceptors (Lipinski definition) is 3. The van der Waals surface area contributed by atoms with Crippen LogP contribution in [0.25, 0.3) is 0 Å². The predicted octanol–water partition coefficient (Wildman–Crippen LogP) is 4.69. The lowest BCUT2D eigenvalue weighted by atomic mass is 9.91. The molecule has 4 heteroatoms. The minimum Gasteiger partial charge on any atom is -0.308 e. The number of fused-ring (bicyclic) bond motifs is 1. The van der Waals surface area contributed by atoms with Crippen molar-refractivity contribution in [2.75, 3.05) is 20.6 Å². The van der Waals surface area contributed by atoms with Gasteiger partial charge < -0.3 is 10.2 Å². The first-order valence-electron chi connectivity index (χ1n) is 8.24. The lowest BCUT2D eigenvalue weighted by Gasteiger charge is -2.34. The number of nitrogens with zero attached hydrogens (tertiary/aromatic N) is 1. The van der Waals surface area contributed by atoms with E-state index in [2.05, 4.69) is 66.8 Å². The van der Waals surface area contributed by atoms with E-state index < -0.39 is 0 Å². The van der Waals surface area contributed by atoms with Gasteiger partial charge in [0.15, 0.2) is 0 Å². The lowest BCUT2D eigenvalue weighted by molar-refractivity contribution is 0.187. The Hall–Kier alpha value is 0.350. The van der Waals surface area contributed by atoms with Crippen molar-refractivity contribution in [1.82, 2.24) is 10.2 Å². The van der Waals surface area contributed by atoms with Crippen LogP contribution in [0.2, 0.25) is 0 Å². The normalized spacial score (nSPS) is 20.0. The maximum atomic E-state index is 3.88. The summed E-state index contributed by atoms with van der Waals surface area (Å²) in [5.41, 5.74) is 1.58. The summed E-state index contributed by atoms with van der Waals surface area (Å²) in [6.07, 6.45) is 6.45. The van der Waals surface area contributed by atoms with Crippen molar-refractivity contribution in [3.63, 3.8) is 0 Å². The van der Waals surface area contributed by atoms with E-state index in [9.17, 15) is 0 Å². The summed E-state index contributed by atoms with van der Waals surface area (Å²) in [6, 6.07) is 3.62. The third kappa shape index (κ3) is 4.43. The minimum atomic E-state index is 0.574. The van der Waals surface area contributed by atoms with E-state index in [1.165, 1.54) is 35.0 Å². The van der Waals surface area contributed by atoms with Crippen LogP contribution in [0.4, 0.5) is 0 Å². The van der Waals surface area contributed by atoms with Crippen LogP contribution in [0.3, 0.4) is 0 Å². The van der Waals surface area contributed by atoms with E-state index in [4.69, 9.17) is 0 Å². The zero-order chi connectivity index (χ0) is 15.4. The van der Waals surface area contributed by atoms with E-state index in [0.29, 0.717) is 12.1 Å². The molecule has 2 rings (SSSR count). The Morgan fingerprint density at radius 1 is 1.38 bits per heavy atom. The Labute approximate surface area is 147 Å². The highest BCUT2D eigenvalue weighted by Gasteiger charge is 2.25. The van der Waals surface area contributed by atoms with Gasteiger partial charge in [0, 0.05) is 23.5 Å². The average Bonchev–Trinajstić information content (AvgIpc) is 2.83. The SMILES string of the molecule is CCC(CC)C(CNC1CCCc2sc(I)cc21)N(C)C. The van der Waals surface area contributed by atoms with Crippen molar-refractivity contribution in [3.8, 4) is 0 Å². The molecule has 0 aromatic carbocycles. The highest BCUT2D eigenvalue weighted by atomic mass is 127. The molecule has 2 atom stereocenters. The number of thiophene rings is 1. The minimum absolute atomic E-state index is 0.574. The zero-order valence-corrected chi connectivity index (χ0v) is 16.8. The van der Waals surface area contributed by atoms with Crippen molar-refractivity contribution in [2.45, 2.75) is 58.0 Å². The molecule has 0 amide bonds. The number of nitrogens with one attached hydrogen (secondary N) is 1. The summed E-state index contributed by atoms with van der Waals surface area (Å²) in [5, 5.41) is 3.88. The van der Waals surface area contributed by atoms with Gasteiger partial charge in [0.2, 0.25) is 0 Å².